The van der Waals surface area contributed by atoms with Gasteiger partial charge >= 0.3 is 23.9 Å². The highest BCUT2D eigenvalue weighted by atomic mass is 16.4. The number of carboxylic acid groups (broad SMARTS) is 4. The molecule has 0 bridgehead atoms. The zero-order chi connectivity index (χ0) is 21.7. The number of ketones is 1. The van der Waals surface area contributed by atoms with E-state index in [-0.39, 0.29) is 13.1 Å². The quantitative estimate of drug-likeness (QED) is 0.304. The first-order chi connectivity index (χ1) is 13.0. The van der Waals surface area contributed by atoms with E-state index in [0.29, 0.717) is 5.78 Å². The molecule has 0 aliphatic carbocycles. The third-order valence-electron chi connectivity index (χ3n) is 3.71. The van der Waals surface area contributed by atoms with Crippen molar-refractivity contribution in [3.63, 3.8) is 0 Å². The van der Waals surface area contributed by atoms with E-state index < -0.39 is 50.1 Å². The van der Waals surface area contributed by atoms with Gasteiger partial charge in [0.15, 0.2) is 0 Å². The van der Waals surface area contributed by atoms with Crippen LogP contribution in [0.25, 0.3) is 0 Å². The third-order valence-corrected chi connectivity index (χ3v) is 3.71. The molecule has 4 N–H and O–H groups in total. The number of hydrogen-bond acceptors (Lipinski definition) is 8. The number of carboxylic acids is 4. The fraction of sp³-hybridized carbons (Fsp3) is 0.688. The summed E-state index contributed by atoms with van der Waals surface area (Å²) in [7, 11) is 2.05. The highest BCUT2D eigenvalue weighted by Crippen LogP contribution is 2.01. The molecule has 12 nitrogen and oxygen atoms in total. The van der Waals surface area contributed by atoms with Crippen LogP contribution in [-0.4, -0.2) is 124 Å². The molecule has 0 radical (unpaired) electrons. The Kier molecular flexibility index (Phi) is 12.3. The Morgan fingerprint density at radius 3 is 1.25 bits per heavy atom. The number of nitrogens with zero attached hydrogens (tertiary/aromatic N) is 3. The topological polar surface area (TPSA) is 176 Å². The van der Waals surface area contributed by atoms with Crippen molar-refractivity contribution in [2.75, 3.05) is 59.4 Å². The van der Waals surface area contributed by atoms with E-state index >= 15 is 0 Å². The summed E-state index contributed by atoms with van der Waals surface area (Å²) in [6.07, 6.45) is 1.52. The molecule has 1 saturated heterocycles. The van der Waals surface area contributed by atoms with Gasteiger partial charge in [-0.25, -0.2) is 0 Å². The maximum atomic E-state index is 10.6. The molecule has 160 valence electrons. The lowest BCUT2D eigenvalue weighted by molar-refractivity contribution is -0.145. The Morgan fingerprint density at radius 2 is 1.04 bits per heavy atom. The maximum absolute atomic E-state index is 10.6. The largest absolute Gasteiger partial charge is 0.480 e. The van der Waals surface area contributed by atoms with Gasteiger partial charge in [-0.15, -0.1) is 0 Å². The van der Waals surface area contributed by atoms with Crippen molar-refractivity contribution in [2.24, 2.45) is 0 Å². The van der Waals surface area contributed by atoms with E-state index in [1.807, 2.05) is 7.05 Å². The van der Waals surface area contributed by atoms with Crippen molar-refractivity contribution >= 4 is 29.7 Å². The number of hydrogen-bond donors (Lipinski definition) is 4. The van der Waals surface area contributed by atoms with Gasteiger partial charge in [0.2, 0.25) is 0 Å². The summed E-state index contributed by atoms with van der Waals surface area (Å²) in [5.41, 5.74) is 0. The molecule has 1 fully saturated rings. The molecule has 0 atom stereocenters. The zero-order valence-electron chi connectivity index (χ0n) is 15.7. The van der Waals surface area contributed by atoms with Crippen LogP contribution in [0, 0.1) is 0 Å². The van der Waals surface area contributed by atoms with E-state index in [1.165, 1.54) is 0 Å². The lowest BCUT2D eigenvalue weighted by Gasteiger charge is -2.23. The molecule has 0 aromatic carbocycles. The minimum atomic E-state index is -1.23. The maximum Gasteiger partial charge on any atom is 0.317 e. The average Bonchev–Trinajstić information content (AvgIpc) is 2.53. The van der Waals surface area contributed by atoms with Crippen molar-refractivity contribution in [3.05, 3.63) is 0 Å². The molecule has 0 spiro atoms. The molecule has 1 heterocycles. The molecule has 0 unspecified atom stereocenters. The number of carbonyl (C=O) groups excluding carboxylic acids is 1. The first-order valence-corrected chi connectivity index (χ1v) is 8.51. The van der Waals surface area contributed by atoms with Crippen LogP contribution >= 0.6 is 0 Å². The van der Waals surface area contributed by atoms with Crippen molar-refractivity contribution in [1.29, 1.82) is 0 Å². The highest BCUT2D eigenvalue weighted by molar-refractivity contribution is 5.79. The molecule has 1 aliphatic rings. The van der Waals surface area contributed by atoms with Crippen molar-refractivity contribution in [3.8, 4) is 0 Å². The highest BCUT2D eigenvalue weighted by Gasteiger charge is 2.18. The average molecular weight is 405 g/mol. The number of rotatable bonds is 11. The summed E-state index contributed by atoms with van der Waals surface area (Å²) >= 11 is 0. The molecule has 0 saturated carbocycles. The molecule has 12 heteroatoms. The van der Waals surface area contributed by atoms with Gasteiger partial charge in [0.25, 0.3) is 0 Å². The Balaban J connectivity index is 0.000000749. The number of Topliss-reactive ketones (excluding diaryl/α,β-unsaturated/α-hetero) is 1. The summed E-state index contributed by atoms with van der Waals surface area (Å²) in [6, 6.07) is 0. The van der Waals surface area contributed by atoms with E-state index in [4.69, 9.17) is 20.4 Å². The molecule has 0 aromatic heterocycles. The van der Waals surface area contributed by atoms with Gasteiger partial charge in [0.05, 0.1) is 26.2 Å². The van der Waals surface area contributed by atoms with Crippen LogP contribution in [0.4, 0.5) is 0 Å². The van der Waals surface area contributed by atoms with Crippen LogP contribution in [0.1, 0.15) is 12.8 Å². The van der Waals surface area contributed by atoms with Crippen LogP contribution in [0.5, 0.6) is 0 Å². The minimum Gasteiger partial charge on any atom is -0.480 e. The van der Waals surface area contributed by atoms with Crippen LogP contribution < -0.4 is 0 Å². The van der Waals surface area contributed by atoms with E-state index in [9.17, 15) is 24.0 Å². The lowest BCUT2D eigenvalue weighted by Crippen LogP contribution is -2.43. The van der Waals surface area contributed by atoms with E-state index in [1.54, 1.807) is 0 Å². The summed E-state index contributed by atoms with van der Waals surface area (Å²) in [4.78, 5) is 57.1. The normalized spacial score (nSPS) is 14.5. The summed E-state index contributed by atoms with van der Waals surface area (Å²) < 4.78 is 0. The molecule has 1 aliphatic heterocycles. The summed E-state index contributed by atoms with van der Waals surface area (Å²) in [5, 5.41) is 34.5. The lowest BCUT2D eigenvalue weighted by atomic mass is 10.1. The van der Waals surface area contributed by atoms with Crippen LogP contribution in [-0.2, 0) is 24.0 Å². The Bertz CT molecular complexity index is 490. The fourth-order valence-corrected chi connectivity index (χ4v) is 2.34. The SMILES string of the molecule is CN1CCC(=O)CC1.O=C(O)CN(CCN(CC(=O)O)CC(=O)O)CC(=O)O. The number of piperidine rings is 1. The second kappa shape index (κ2) is 13.6. The van der Waals surface area contributed by atoms with Crippen molar-refractivity contribution < 1.29 is 44.4 Å². The van der Waals surface area contributed by atoms with Crippen LogP contribution in [0.3, 0.4) is 0 Å². The van der Waals surface area contributed by atoms with Gasteiger partial charge in [-0.3, -0.25) is 33.8 Å². The Hall–Kier alpha value is -2.57. The molecule has 1 rings (SSSR count). The third kappa shape index (κ3) is 14.6. The zero-order valence-corrected chi connectivity index (χ0v) is 15.7. The number of aliphatic carboxylic acids is 4. The van der Waals surface area contributed by atoms with E-state index in [0.717, 1.165) is 35.7 Å². The van der Waals surface area contributed by atoms with Gasteiger partial charge in [-0.1, -0.05) is 0 Å². The predicted octanol–water partition coefficient (Wildman–Crippen LogP) is -1.79. The minimum absolute atomic E-state index is 0.0703. The van der Waals surface area contributed by atoms with Crippen LogP contribution in [0.15, 0.2) is 0 Å². The number of likely N-dealkylation sites (tertiary alicyclic amines) is 1. The molecule has 0 amide bonds. The monoisotopic (exact) mass is 405 g/mol. The van der Waals surface area contributed by atoms with Gasteiger partial charge in [-0.2, -0.15) is 0 Å². The van der Waals surface area contributed by atoms with Gasteiger partial charge in [0, 0.05) is 39.0 Å². The fourth-order valence-electron chi connectivity index (χ4n) is 2.34. The van der Waals surface area contributed by atoms with Gasteiger partial charge in [0.1, 0.15) is 5.78 Å². The second-order valence-electron chi connectivity index (χ2n) is 6.34. The smallest absolute Gasteiger partial charge is 0.317 e. The Morgan fingerprint density at radius 1 is 0.750 bits per heavy atom. The molecule has 28 heavy (non-hydrogen) atoms. The Labute approximate surface area is 161 Å². The summed E-state index contributed by atoms with van der Waals surface area (Å²) in [5.74, 6) is -4.49. The molecular weight excluding hydrogens is 378 g/mol. The summed E-state index contributed by atoms with van der Waals surface area (Å²) in [6.45, 7) is -0.336. The van der Waals surface area contributed by atoms with E-state index in [2.05, 4.69) is 4.90 Å². The predicted molar refractivity (Wildman–Crippen MR) is 95.2 cm³/mol. The van der Waals surface area contributed by atoms with Crippen LogP contribution in [0.2, 0.25) is 0 Å². The molecular formula is C16H27N3O9. The van der Waals surface area contributed by atoms with Crippen molar-refractivity contribution in [1.82, 2.24) is 14.7 Å². The van der Waals surface area contributed by atoms with Gasteiger partial charge < -0.3 is 25.3 Å². The van der Waals surface area contributed by atoms with Gasteiger partial charge in [-0.05, 0) is 7.05 Å². The van der Waals surface area contributed by atoms with Crippen molar-refractivity contribution in [2.45, 2.75) is 12.8 Å². The molecule has 0 aromatic rings. The first kappa shape index (κ1) is 25.4. The first-order valence-electron chi connectivity index (χ1n) is 8.51. The standard InChI is InChI=1S/C10H16N2O8.C6H11NO/c13-7(14)3-11(4-8(15)16)1-2-12(5-9(17)18)6-10(19)20;1-7-4-2-6(8)3-5-7/h1-6H2,(H,13,14)(H,15,16)(H,17,18)(H,19,20);2-5H2,1H3. The second-order valence-corrected chi connectivity index (χ2v) is 6.34. The number of carbonyl (C=O) groups is 5.